The van der Waals surface area contributed by atoms with Crippen LogP contribution in [0.5, 0.6) is 0 Å². The van der Waals surface area contributed by atoms with Crippen LogP contribution < -0.4 is 10.6 Å². The minimum atomic E-state index is 0.191. The van der Waals surface area contributed by atoms with Gasteiger partial charge in [-0.25, -0.2) is 4.98 Å². The SMILES string of the molecule is Cc1ccc(NC(=N)NCc2ccccc2Cl)nc1. The topological polar surface area (TPSA) is 60.8 Å². The first kappa shape index (κ1) is 13.4. The Kier molecular flexibility index (Phi) is 4.36. The van der Waals surface area contributed by atoms with Crippen molar-refractivity contribution in [3.05, 3.63) is 58.7 Å². The van der Waals surface area contributed by atoms with Crippen LogP contribution in [0.2, 0.25) is 5.02 Å². The number of nitrogens with zero attached hydrogens (tertiary/aromatic N) is 1. The first-order chi connectivity index (χ1) is 9.15. The molecule has 2 rings (SSSR count). The molecule has 0 amide bonds. The van der Waals surface area contributed by atoms with E-state index in [4.69, 9.17) is 17.0 Å². The van der Waals surface area contributed by atoms with Gasteiger partial charge in [0.05, 0.1) is 0 Å². The van der Waals surface area contributed by atoms with E-state index >= 15 is 0 Å². The van der Waals surface area contributed by atoms with Crippen LogP contribution in [0.15, 0.2) is 42.6 Å². The molecule has 0 spiro atoms. The summed E-state index contributed by atoms with van der Waals surface area (Å²) in [6, 6.07) is 11.3. The molecule has 0 bridgehead atoms. The van der Waals surface area contributed by atoms with Crippen LogP contribution in [-0.2, 0) is 6.54 Å². The van der Waals surface area contributed by atoms with Crippen molar-refractivity contribution in [1.82, 2.24) is 10.3 Å². The zero-order valence-electron chi connectivity index (χ0n) is 10.6. The van der Waals surface area contributed by atoms with E-state index in [2.05, 4.69) is 15.6 Å². The van der Waals surface area contributed by atoms with E-state index in [-0.39, 0.29) is 5.96 Å². The van der Waals surface area contributed by atoms with Gasteiger partial charge in [0, 0.05) is 17.8 Å². The third-order valence-electron chi connectivity index (χ3n) is 2.58. The highest BCUT2D eigenvalue weighted by atomic mass is 35.5. The molecule has 0 aliphatic heterocycles. The molecule has 0 saturated carbocycles. The first-order valence-corrected chi connectivity index (χ1v) is 6.28. The van der Waals surface area contributed by atoms with Gasteiger partial charge in [-0.05, 0) is 30.2 Å². The summed E-state index contributed by atoms with van der Waals surface area (Å²) < 4.78 is 0. The Bertz CT molecular complexity index is 566. The number of aryl methyl sites for hydroxylation is 1. The number of rotatable bonds is 3. The fourth-order valence-corrected chi connectivity index (χ4v) is 1.74. The molecule has 5 heteroatoms. The molecule has 0 atom stereocenters. The van der Waals surface area contributed by atoms with Gasteiger partial charge >= 0.3 is 0 Å². The van der Waals surface area contributed by atoms with Crippen molar-refractivity contribution in [2.24, 2.45) is 0 Å². The highest BCUT2D eigenvalue weighted by Gasteiger charge is 2.01. The molecule has 1 heterocycles. The third-order valence-corrected chi connectivity index (χ3v) is 2.95. The number of pyridine rings is 1. The van der Waals surface area contributed by atoms with Crippen LogP contribution in [0.4, 0.5) is 5.82 Å². The number of nitrogens with one attached hydrogen (secondary N) is 3. The number of halogens is 1. The standard InChI is InChI=1S/C14H15ClN4/c1-10-6-7-13(17-8-10)19-14(16)18-9-11-4-2-3-5-12(11)15/h2-8H,9H2,1H3,(H3,16,17,18,19). The average Bonchev–Trinajstić information content (AvgIpc) is 2.40. The first-order valence-electron chi connectivity index (χ1n) is 5.90. The smallest absolute Gasteiger partial charge is 0.194 e. The molecule has 0 aliphatic rings. The Morgan fingerprint density at radius 2 is 2.05 bits per heavy atom. The van der Waals surface area contributed by atoms with Crippen molar-refractivity contribution < 1.29 is 0 Å². The molecular formula is C14H15ClN4. The maximum atomic E-state index is 7.79. The Balaban J connectivity index is 1.88. The van der Waals surface area contributed by atoms with E-state index in [1.807, 2.05) is 43.3 Å². The van der Waals surface area contributed by atoms with Gasteiger partial charge in [0.15, 0.2) is 5.96 Å². The van der Waals surface area contributed by atoms with Crippen LogP contribution >= 0.6 is 11.6 Å². The molecule has 1 aromatic carbocycles. The van der Waals surface area contributed by atoms with Crippen LogP contribution in [0.3, 0.4) is 0 Å². The van der Waals surface area contributed by atoms with Gasteiger partial charge in [0.1, 0.15) is 5.82 Å². The summed E-state index contributed by atoms with van der Waals surface area (Å²) in [6.07, 6.45) is 1.75. The van der Waals surface area contributed by atoms with Gasteiger partial charge in [0.25, 0.3) is 0 Å². The minimum Gasteiger partial charge on any atom is -0.352 e. The fourth-order valence-electron chi connectivity index (χ4n) is 1.54. The van der Waals surface area contributed by atoms with E-state index < -0.39 is 0 Å². The molecule has 2 aromatic rings. The zero-order chi connectivity index (χ0) is 13.7. The molecule has 0 saturated heterocycles. The number of benzene rings is 1. The van der Waals surface area contributed by atoms with E-state index in [1.54, 1.807) is 6.20 Å². The van der Waals surface area contributed by atoms with Crippen molar-refractivity contribution >= 4 is 23.4 Å². The zero-order valence-corrected chi connectivity index (χ0v) is 11.3. The van der Waals surface area contributed by atoms with Gasteiger partial charge in [-0.1, -0.05) is 35.9 Å². The monoisotopic (exact) mass is 274 g/mol. The van der Waals surface area contributed by atoms with Gasteiger partial charge in [-0.15, -0.1) is 0 Å². The molecule has 1 aromatic heterocycles. The van der Waals surface area contributed by atoms with E-state index in [0.29, 0.717) is 17.4 Å². The van der Waals surface area contributed by atoms with Gasteiger partial charge < -0.3 is 10.6 Å². The lowest BCUT2D eigenvalue weighted by atomic mass is 10.2. The lowest BCUT2D eigenvalue weighted by Crippen LogP contribution is -2.29. The largest absolute Gasteiger partial charge is 0.352 e. The summed E-state index contributed by atoms with van der Waals surface area (Å²) in [4.78, 5) is 4.17. The predicted molar refractivity (Wildman–Crippen MR) is 78.6 cm³/mol. The van der Waals surface area contributed by atoms with Gasteiger partial charge in [0.2, 0.25) is 0 Å². The highest BCUT2D eigenvalue weighted by molar-refractivity contribution is 6.31. The van der Waals surface area contributed by atoms with Gasteiger partial charge in [-0.2, -0.15) is 0 Å². The summed E-state index contributed by atoms with van der Waals surface area (Å²) in [5, 5.41) is 14.3. The summed E-state index contributed by atoms with van der Waals surface area (Å²) in [6.45, 7) is 2.47. The van der Waals surface area contributed by atoms with Crippen molar-refractivity contribution in [2.75, 3.05) is 5.32 Å². The number of guanidine groups is 1. The summed E-state index contributed by atoms with van der Waals surface area (Å²) in [7, 11) is 0. The Labute approximate surface area is 117 Å². The molecule has 0 radical (unpaired) electrons. The molecule has 3 N–H and O–H groups in total. The van der Waals surface area contributed by atoms with Crippen LogP contribution in [0, 0.1) is 12.3 Å². The van der Waals surface area contributed by atoms with Crippen molar-refractivity contribution in [3.63, 3.8) is 0 Å². The van der Waals surface area contributed by atoms with Crippen LogP contribution in [0.1, 0.15) is 11.1 Å². The second kappa shape index (κ2) is 6.20. The average molecular weight is 275 g/mol. The second-order valence-corrected chi connectivity index (χ2v) is 4.57. The second-order valence-electron chi connectivity index (χ2n) is 4.17. The van der Waals surface area contributed by atoms with Crippen molar-refractivity contribution in [2.45, 2.75) is 13.5 Å². The molecule has 4 nitrogen and oxygen atoms in total. The van der Waals surface area contributed by atoms with Crippen molar-refractivity contribution in [1.29, 1.82) is 5.41 Å². The molecule has 0 aliphatic carbocycles. The predicted octanol–water partition coefficient (Wildman–Crippen LogP) is 3.18. The molecular weight excluding hydrogens is 260 g/mol. The number of hydrogen-bond acceptors (Lipinski definition) is 2. The molecule has 0 fully saturated rings. The van der Waals surface area contributed by atoms with Crippen molar-refractivity contribution in [3.8, 4) is 0 Å². The van der Waals surface area contributed by atoms with Gasteiger partial charge in [-0.3, -0.25) is 5.41 Å². The molecule has 98 valence electrons. The van der Waals surface area contributed by atoms with Crippen LogP contribution in [-0.4, -0.2) is 10.9 Å². The number of aromatic nitrogens is 1. The third kappa shape index (κ3) is 3.96. The minimum absolute atomic E-state index is 0.191. The summed E-state index contributed by atoms with van der Waals surface area (Å²) in [5.41, 5.74) is 2.04. The lowest BCUT2D eigenvalue weighted by Gasteiger charge is -2.10. The highest BCUT2D eigenvalue weighted by Crippen LogP contribution is 2.14. The normalized spacial score (nSPS) is 10.0. The summed E-state index contributed by atoms with van der Waals surface area (Å²) >= 11 is 6.04. The number of hydrogen-bond donors (Lipinski definition) is 3. The molecule has 0 unspecified atom stereocenters. The number of anilines is 1. The quantitative estimate of drug-likeness (QED) is 0.595. The maximum Gasteiger partial charge on any atom is 0.194 e. The van der Waals surface area contributed by atoms with E-state index in [9.17, 15) is 0 Å². The summed E-state index contributed by atoms with van der Waals surface area (Å²) in [5.74, 6) is 0.832. The Morgan fingerprint density at radius 1 is 1.26 bits per heavy atom. The Hall–Kier alpha value is -2.07. The fraction of sp³-hybridized carbons (Fsp3) is 0.143. The molecule has 19 heavy (non-hydrogen) atoms. The maximum absolute atomic E-state index is 7.79. The van der Waals surface area contributed by atoms with E-state index in [1.165, 1.54) is 0 Å². The van der Waals surface area contributed by atoms with Crippen LogP contribution in [0.25, 0.3) is 0 Å². The lowest BCUT2D eigenvalue weighted by molar-refractivity contribution is 0.903. The van der Waals surface area contributed by atoms with E-state index in [0.717, 1.165) is 11.1 Å². The Morgan fingerprint density at radius 3 is 2.74 bits per heavy atom.